The van der Waals surface area contributed by atoms with Gasteiger partial charge in [-0.15, -0.1) is 0 Å². The van der Waals surface area contributed by atoms with Crippen molar-refractivity contribution in [2.45, 2.75) is 12.8 Å². The molecule has 1 saturated heterocycles. The number of hydrogen-bond acceptors (Lipinski definition) is 3. The maximum Gasteiger partial charge on any atom is 0.255 e. The highest BCUT2D eigenvalue weighted by atomic mass is 79.9. The molecule has 1 aliphatic heterocycles. The number of para-hydroxylation sites is 2. The number of halogens is 1. The van der Waals surface area contributed by atoms with Crippen LogP contribution in [-0.4, -0.2) is 24.0 Å². The maximum atomic E-state index is 12.4. The van der Waals surface area contributed by atoms with E-state index in [9.17, 15) is 4.79 Å². The molecule has 1 amide bonds. The maximum absolute atomic E-state index is 12.4. The Kier molecular flexibility index (Phi) is 4.20. The van der Waals surface area contributed by atoms with E-state index < -0.39 is 0 Å². The van der Waals surface area contributed by atoms with Gasteiger partial charge in [-0.05, 0) is 53.0 Å². The van der Waals surface area contributed by atoms with Gasteiger partial charge in [0.25, 0.3) is 5.91 Å². The van der Waals surface area contributed by atoms with Gasteiger partial charge in [0.15, 0.2) is 0 Å². The van der Waals surface area contributed by atoms with E-state index in [0.717, 1.165) is 24.5 Å². The highest BCUT2D eigenvalue weighted by Crippen LogP contribution is 2.29. The van der Waals surface area contributed by atoms with Crippen LogP contribution in [-0.2, 0) is 0 Å². The number of nitrogens with one attached hydrogen (secondary N) is 1. The van der Waals surface area contributed by atoms with E-state index in [2.05, 4.69) is 37.2 Å². The summed E-state index contributed by atoms with van der Waals surface area (Å²) < 4.78 is 0.656. The van der Waals surface area contributed by atoms with E-state index in [0.29, 0.717) is 10.2 Å². The van der Waals surface area contributed by atoms with E-state index in [1.54, 1.807) is 18.3 Å². The van der Waals surface area contributed by atoms with E-state index >= 15 is 0 Å². The average Bonchev–Trinajstić information content (AvgIpc) is 3.02. The van der Waals surface area contributed by atoms with Gasteiger partial charge >= 0.3 is 0 Å². The van der Waals surface area contributed by atoms with Gasteiger partial charge < -0.3 is 10.2 Å². The molecule has 0 bridgehead atoms. The molecule has 2 heterocycles. The van der Waals surface area contributed by atoms with Gasteiger partial charge in [0.1, 0.15) is 4.60 Å². The van der Waals surface area contributed by atoms with Crippen LogP contribution in [0.1, 0.15) is 23.2 Å². The summed E-state index contributed by atoms with van der Waals surface area (Å²) in [5.74, 6) is -0.121. The van der Waals surface area contributed by atoms with Gasteiger partial charge in [-0.3, -0.25) is 4.79 Å². The van der Waals surface area contributed by atoms with E-state index in [1.807, 2.05) is 18.2 Å². The fourth-order valence-corrected chi connectivity index (χ4v) is 2.92. The number of rotatable bonds is 3. The molecule has 3 rings (SSSR count). The number of amides is 1. The Bertz CT molecular complexity index is 653. The normalized spacial score (nSPS) is 14.2. The molecular formula is C16H16BrN3O. The van der Waals surface area contributed by atoms with Gasteiger partial charge in [-0.25, -0.2) is 4.98 Å². The van der Waals surface area contributed by atoms with Crippen LogP contribution in [0.2, 0.25) is 0 Å². The summed E-state index contributed by atoms with van der Waals surface area (Å²) in [4.78, 5) is 18.7. The number of nitrogens with zero attached hydrogens (tertiary/aromatic N) is 2. The molecule has 0 aliphatic carbocycles. The first-order valence-corrected chi connectivity index (χ1v) is 7.80. The zero-order chi connectivity index (χ0) is 14.7. The van der Waals surface area contributed by atoms with E-state index in [4.69, 9.17) is 0 Å². The number of carbonyl (C=O) groups excluding carboxylic acids is 1. The third-order valence-corrected chi connectivity index (χ3v) is 4.02. The molecule has 21 heavy (non-hydrogen) atoms. The first-order valence-electron chi connectivity index (χ1n) is 7.01. The number of carbonyl (C=O) groups is 1. The number of benzene rings is 1. The fraction of sp³-hybridized carbons (Fsp3) is 0.250. The molecule has 0 atom stereocenters. The largest absolute Gasteiger partial charge is 0.370 e. The van der Waals surface area contributed by atoms with Crippen molar-refractivity contribution < 1.29 is 4.79 Å². The summed E-state index contributed by atoms with van der Waals surface area (Å²) in [6.07, 6.45) is 4.03. The Morgan fingerprint density at radius 3 is 2.71 bits per heavy atom. The van der Waals surface area contributed by atoms with Crippen molar-refractivity contribution >= 4 is 33.2 Å². The first-order chi connectivity index (χ1) is 10.2. The Balaban J connectivity index is 1.83. The minimum atomic E-state index is -0.121. The monoisotopic (exact) mass is 345 g/mol. The van der Waals surface area contributed by atoms with Crippen LogP contribution in [0.15, 0.2) is 47.2 Å². The molecule has 0 radical (unpaired) electrons. The molecule has 5 heteroatoms. The molecule has 1 aliphatic rings. The average molecular weight is 346 g/mol. The molecule has 108 valence electrons. The van der Waals surface area contributed by atoms with Gasteiger partial charge in [0.2, 0.25) is 0 Å². The molecule has 0 unspecified atom stereocenters. The fourth-order valence-electron chi connectivity index (χ4n) is 2.55. The summed E-state index contributed by atoms with van der Waals surface area (Å²) in [7, 11) is 0. The third kappa shape index (κ3) is 3.24. The van der Waals surface area contributed by atoms with Gasteiger partial charge in [-0.1, -0.05) is 12.1 Å². The Morgan fingerprint density at radius 2 is 1.95 bits per heavy atom. The summed E-state index contributed by atoms with van der Waals surface area (Å²) in [5.41, 5.74) is 2.54. The first kappa shape index (κ1) is 14.1. The number of hydrogen-bond donors (Lipinski definition) is 1. The molecule has 1 aromatic heterocycles. The van der Waals surface area contributed by atoms with Crippen LogP contribution in [0.4, 0.5) is 11.4 Å². The smallest absolute Gasteiger partial charge is 0.255 e. The van der Waals surface area contributed by atoms with E-state index in [-0.39, 0.29) is 5.91 Å². The topological polar surface area (TPSA) is 45.2 Å². The van der Waals surface area contributed by atoms with E-state index in [1.165, 1.54) is 12.8 Å². The quantitative estimate of drug-likeness (QED) is 0.862. The third-order valence-electron chi connectivity index (χ3n) is 3.59. The second kappa shape index (κ2) is 6.26. The van der Waals surface area contributed by atoms with Crippen LogP contribution >= 0.6 is 15.9 Å². The van der Waals surface area contributed by atoms with Gasteiger partial charge in [0.05, 0.1) is 11.4 Å². The lowest BCUT2D eigenvalue weighted by Crippen LogP contribution is -2.21. The van der Waals surface area contributed by atoms with Crippen LogP contribution in [0.25, 0.3) is 0 Å². The molecule has 0 spiro atoms. The van der Waals surface area contributed by atoms with Crippen LogP contribution in [0.3, 0.4) is 0 Å². The summed E-state index contributed by atoms with van der Waals surface area (Å²) in [5, 5.41) is 3.00. The lowest BCUT2D eigenvalue weighted by molar-refractivity contribution is 0.102. The molecular weight excluding hydrogens is 330 g/mol. The zero-order valence-corrected chi connectivity index (χ0v) is 13.1. The van der Waals surface area contributed by atoms with Crippen molar-refractivity contribution in [3.8, 4) is 0 Å². The summed E-state index contributed by atoms with van der Waals surface area (Å²) in [6.45, 7) is 2.10. The summed E-state index contributed by atoms with van der Waals surface area (Å²) in [6, 6.07) is 11.4. The van der Waals surface area contributed by atoms with Crippen LogP contribution < -0.4 is 10.2 Å². The Hall–Kier alpha value is -1.88. The van der Waals surface area contributed by atoms with Gasteiger partial charge in [-0.2, -0.15) is 0 Å². The molecule has 1 fully saturated rings. The Morgan fingerprint density at radius 1 is 1.19 bits per heavy atom. The van der Waals surface area contributed by atoms with Crippen LogP contribution in [0, 0.1) is 0 Å². The van der Waals surface area contributed by atoms with Crippen LogP contribution in [0.5, 0.6) is 0 Å². The van der Waals surface area contributed by atoms with Crippen molar-refractivity contribution in [1.29, 1.82) is 0 Å². The highest BCUT2D eigenvalue weighted by molar-refractivity contribution is 9.10. The van der Waals surface area contributed by atoms with Gasteiger partial charge in [0, 0.05) is 24.8 Å². The summed E-state index contributed by atoms with van der Waals surface area (Å²) >= 11 is 3.28. The number of pyridine rings is 1. The van der Waals surface area contributed by atoms with Crippen molar-refractivity contribution in [3.05, 3.63) is 52.8 Å². The second-order valence-corrected chi connectivity index (χ2v) is 5.85. The van der Waals surface area contributed by atoms with Crippen molar-refractivity contribution in [2.24, 2.45) is 0 Å². The SMILES string of the molecule is O=C(Nc1ccccc1N1CCCC1)c1ccnc(Br)c1. The minimum absolute atomic E-state index is 0.121. The standard InChI is InChI=1S/C16H16BrN3O/c17-15-11-12(7-8-18-15)16(21)19-13-5-1-2-6-14(13)20-9-3-4-10-20/h1-2,5-8,11H,3-4,9-10H2,(H,19,21). The number of anilines is 2. The zero-order valence-electron chi connectivity index (χ0n) is 11.6. The predicted molar refractivity (Wildman–Crippen MR) is 87.8 cm³/mol. The predicted octanol–water partition coefficient (Wildman–Crippen LogP) is 3.70. The highest BCUT2D eigenvalue weighted by Gasteiger charge is 2.17. The van der Waals surface area contributed by atoms with Crippen molar-refractivity contribution in [1.82, 2.24) is 4.98 Å². The molecule has 1 N–H and O–H groups in total. The lowest BCUT2D eigenvalue weighted by Gasteiger charge is -2.21. The second-order valence-electron chi connectivity index (χ2n) is 5.03. The van der Waals surface area contributed by atoms with Crippen molar-refractivity contribution in [2.75, 3.05) is 23.3 Å². The lowest BCUT2D eigenvalue weighted by atomic mass is 10.2. The molecule has 0 saturated carbocycles. The molecule has 1 aromatic carbocycles. The molecule has 2 aromatic rings. The number of aromatic nitrogens is 1. The Labute approximate surface area is 132 Å². The minimum Gasteiger partial charge on any atom is -0.370 e. The van der Waals surface area contributed by atoms with Crippen molar-refractivity contribution in [3.63, 3.8) is 0 Å². The molecule has 4 nitrogen and oxygen atoms in total.